The number of imide groups is 1. The molecule has 0 fully saturated rings. The van der Waals surface area contributed by atoms with Crippen LogP contribution >= 0.6 is 12.2 Å². The third-order valence-electron chi connectivity index (χ3n) is 3.32. The highest BCUT2D eigenvalue weighted by atomic mass is 32.1. The highest BCUT2D eigenvalue weighted by Crippen LogP contribution is 2.30. The second-order valence-electron chi connectivity index (χ2n) is 4.60. The summed E-state index contributed by atoms with van der Waals surface area (Å²) in [5, 5.41) is 0. The molecule has 0 bridgehead atoms. The summed E-state index contributed by atoms with van der Waals surface area (Å²) in [7, 11) is 0. The zero-order valence-electron chi connectivity index (χ0n) is 10.9. The summed E-state index contributed by atoms with van der Waals surface area (Å²) in [6.07, 6.45) is 1.48. The largest absolute Gasteiger partial charge is 0.391 e. The van der Waals surface area contributed by atoms with Crippen LogP contribution in [0.2, 0.25) is 0 Å². The molecule has 2 amide bonds. The predicted octanol–water partition coefficient (Wildman–Crippen LogP) is 1.71. The van der Waals surface area contributed by atoms with Crippen LogP contribution in [0.25, 0.3) is 0 Å². The molecule has 1 aromatic carbocycles. The molecule has 2 N–H and O–H groups in total. The van der Waals surface area contributed by atoms with Crippen molar-refractivity contribution in [1.29, 1.82) is 0 Å². The zero-order chi connectivity index (χ0) is 15.0. The highest BCUT2D eigenvalue weighted by molar-refractivity contribution is 7.80. The van der Waals surface area contributed by atoms with E-state index in [1.807, 2.05) is 6.07 Å². The molecule has 0 spiro atoms. The molecule has 0 saturated heterocycles. The van der Waals surface area contributed by atoms with Gasteiger partial charge in [-0.05, 0) is 17.7 Å². The van der Waals surface area contributed by atoms with Gasteiger partial charge in [-0.25, -0.2) is 0 Å². The quantitative estimate of drug-likeness (QED) is 0.689. The third-order valence-corrected chi connectivity index (χ3v) is 3.54. The van der Waals surface area contributed by atoms with Gasteiger partial charge in [-0.1, -0.05) is 42.5 Å². The standard InChI is InChI=1S/C15H11N3O2S/c16-13(21)12(9-5-2-1-3-6-9)18-14(19)10-7-4-8-17-11(10)15(18)20/h1-8,12H,(H2,16,21). The van der Waals surface area contributed by atoms with E-state index >= 15 is 0 Å². The summed E-state index contributed by atoms with van der Waals surface area (Å²) in [5.74, 6) is -0.901. The van der Waals surface area contributed by atoms with Gasteiger partial charge >= 0.3 is 0 Å². The molecule has 5 nitrogen and oxygen atoms in total. The molecule has 1 aliphatic heterocycles. The number of hydrogen-bond donors (Lipinski definition) is 1. The number of thiocarbonyl (C=S) groups is 1. The molecule has 2 aromatic rings. The molecular weight excluding hydrogens is 286 g/mol. The van der Waals surface area contributed by atoms with Gasteiger partial charge in [0.2, 0.25) is 0 Å². The highest BCUT2D eigenvalue weighted by Gasteiger charge is 2.42. The molecule has 21 heavy (non-hydrogen) atoms. The molecule has 2 heterocycles. The summed E-state index contributed by atoms with van der Waals surface area (Å²) in [6.45, 7) is 0. The number of nitrogens with zero attached hydrogens (tertiary/aromatic N) is 2. The lowest BCUT2D eigenvalue weighted by molar-refractivity contribution is 0.0623. The van der Waals surface area contributed by atoms with Crippen molar-refractivity contribution in [3.63, 3.8) is 0 Å². The molecule has 6 heteroatoms. The second-order valence-corrected chi connectivity index (χ2v) is 5.07. The van der Waals surface area contributed by atoms with E-state index in [-0.39, 0.29) is 16.2 Å². The molecule has 0 aliphatic carbocycles. The lowest BCUT2D eigenvalue weighted by Crippen LogP contribution is -2.40. The average molecular weight is 297 g/mol. The van der Waals surface area contributed by atoms with Gasteiger partial charge in [0.05, 0.1) is 5.56 Å². The van der Waals surface area contributed by atoms with Crippen molar-refractivity contribution in [2.45, 2.75) is 6.04 Å². The van der Waals surface area contributed by atoms with Gasteiger partial charge < -0.3 is 5.73 Å². The summed E-state index contributed by atoms with van der Waals surface area (Å²) >= 11 is 5.06. The van der Waals surface area contributed by atoms with E-state index in [1.165, 1.54) is 6.20 Å². The summed E-state index contributed by atoms with van der Waals surface area (Å²) in [4.78, 5) is 30.1. The third kappa shape index (κ3) is 2.09. The molecule has 104 valence electrons. The summed E-state index contributed by atoms with van der Waals surface area (Å²) < 4.78 is 0. The van der Waals surface area contributed by atoms with Gasteiger partial charge in [0, 0.05) is 6.20 Å². The Morgan fingerprint density at radius 1 is 1.10 bits per heavy atom. The molecule has 0 saturated carbocycles. The van der Waals surface area contributed by atoms with Crippen molar-refractivity contribution in [3.8, 4) is 0 Å². The fourth-order valence-corrected chi connectivity index (χ4v) is 2.64. The van der Waals surface area contributed by atoms with Gasteiger partial charge in [-0.2, -0.15) is 0 Å². The number of fused-ring (bicyclic) bond motifs is 1. The van der Waals surface area contributed by atoms with Crippen molar-refractivity contribution < 1.29 is 9.59 Å². The second kappa shape index (κ2) is 5.06. The fourth-order valence-electron chi connectivity index (χ4n) is 2.39. The first-order chi connectivity index (χ1) is 10.1. The minimum absolute atomic E-state index is 0.0655. The van der Waals surface area contributed by atoms with Crippen molar-refractivity contribution >= 4 is 29.0 Å². The van der Waals surface area contributed by atoms with Crippen LogP contribution in [0.3, 0.4) is 0 Å². The van der Waals surface area contributed by atoms with E-state index in [2.05, 4.69) is 4.98 Å². The van der Waals surface area contributed by atoms with Crippen LogP contribution in [0.15, 0.2) is 48.7 Å². The Kier molecular flexibility index (Phi) is 3.23. The predicted molar refractivity (Wildman–Crippen MR) is 80.7 cm³/mol. The van der Waals surface area contributed by atoms with Gasteiger partial charge in [-0.3, -0.25) is 19.5 Å². The number of rotatable bonds is 3. The minimum atomic E-state index is -0.768. The van der Waals surface area contributed by atoms with Crippen LogP contribution in [0, 0.1) is 0 Å². The van der Waals surface area contributed by atoms with Crippen molar-refractivity contribution in [3.05, 3.63) is 65.5 Å². The number of amides is 2. The van der Waals surface area contributed by atoms with E-state index < -0.39 is 17.9 Å². The normalized spacial score (nSPS) is 15.0. The van der Waals surface area contributed by atoms with Gasteiger partial charge in [0.25, 0.3) is 11.8 Å². The average Bonchev–Trinajstić information content (AvgIpc) is 2.74. The Balaban J connectivity index is 2.09. The molecular formula is C15H11N3O2S. The zero-order valence-corrected chi connectivity index (χ0v) is 11.7. The van der Waals surface area contributed by atoms with E-state index in [4.69, 9.17) is 18.0 Å². The topological polar surface area (TPSA) is 76.3 Å². The van der Waals surface area contributed by atoms with Crippen LogP contribution in [0.1, 0.15) is 32.5 Å². The Morgan fingerprint density at radius 2 is 1.81 bits per heavy atom. The Labute approximate surface area is 126 Å². The van der Waals surface area contributed by atoms with Crippen molar-refractivity contribution in [2.24, 2.45) is 5.73 Å². The summed E-state index contributed by atoms with van der Waals surface area (Å²) in [5.41, 5.74) is 6.88. The van der Waals surface area contributed by atoms with Crippen LogP contribution in [0.4, 0.5) is 0 Å². The van der Waals surface area contributed by atoms with Crippen LogP contribution < -0.4 is 5.73 Å². The van der Waals surface area contributed by atoms with Crippen LogP contribution in [0.5, 0.6) is 0 Å². The summed E-state index contributed by atoms with van der Waals surface area (Å²) in [6, 6.07) is 11.4. The first-order valence-corrected chi connectivity index (χ1v) is 6.69. The van der Waals surface area contributed by atoms with Gasteiger partial charge in [-0.15, -0.1) is 0 Å². The van der Waals surface area contributed by atoms with Gasteiger partial charge in [0.1, 0.15) is 16.7 Å². The van der Waals surface area contributed by atoms with E-state index in [9.17, 15) is 9.59 Å². The number of carbonyl (C=O) groups excluding carboxylic acids is 2. The first kappa shape index (κ1) is 13.4. The lowest BCUT2D eigenvalue weighted by atomic mass is 10.1. The Morgan fingerprint density at radius 3 is 2.43 bits per heavy atom. The fraction of sp³-hybridized carbons (Fsp3) is 0.0667. The SMILES string of the molecule is NC(=S)C(c1ccccc1)N1C(=O)c2cccnc2C1=O. The number of nitrogens with two attached hydrogens (primary N) is 1. The molecule has 3 rings (SSSR count). The molecule has 0 radical (unpaired) electrons. The van der Waals surface area contributed by atoms with Gasteiger partial charge in [0.15, 0.2) is 0 Å². The van der Waals surface area contributed by atoms with E-state index in [0.29, 0.717) is 5.56 Å². The number of pyridine rings is 1. The number of carbonyl (C=O) groups is 2. The molecule has 1 atom stereocenters. The maximum absolute atomic E-state index is 12.5. The van der Waals surface area contributed by atoms with Crippen LogP contribution in [-0.4, -0.2) is 26.7 Å². The van der Waals surface area contributed by atoms with Crippen molar-refractivity contribution in [1.82, 2.24) is 9.88 Å². The lowest BCUT2D eigenvalue weighted by Gasteiger charge is -2.25. The smallest absolute Gasteiger partial charge is 0.281 e. The number of benzene rings is 1. The minimum Gasteiger partial charge on any atom is -0.391 e. The van der Waals surface area contributed by atoms with E-state index in [1.54, 1.807) is 36.4 Å². The number of hydrogen-bond acceptors (Lipinski definition) is 4. The Hall–Kier alpha value is -2.60. The maximum atomic E-state index is 12.5. The molecule has 1 aromatic heterocycles. The van der Waals surface area contributed by atoms with Crippen LogP contribution in [-0.2, 0) is 0 Å². The van der Waals surface area contributed by atoms with E-state index in [0.717, 1.165) is 4.90 Å². The monoisotopic (exact) mass is 297 g/mol. The first-order valence-electron chi connectivity index (χ1n) is 6.28. The van der Waals surface area contributed by atoms with Crippen molar-refractivity contribution in [2.75, 3.05) is 0 Å². The molecule has 1 aliphatic rings. The number of aromatic nitrogens is 1. The Bertz CT molecular complexity index is 711. The maximum Gasteiger partial charge on any atom is 0.281 e. The molecule has 1 unspecified atom stereocenters.